The Morgan fingerprint density at radius 1 is 1.15 bits per heavy atom. The molecule has 3 N–H and O–H groups in total. The van der Waals surface area contributed by atoms with Crippen molar-refractivity contribution in [3.05, 3.63) is 65.7 Å². The Bertz CT molecular complexity index is 755. The van der Waals surface area contributed by atoms with E-state index < -0.39 is 17.7 Å². The summed E-state index contributed by atoms with van der Waals surface area (Å²) in [5.74, 6) is -1.96. The lowest BCUT2D eigenvalue weighted by atomic mass is 10.0. The number of benzene rings is 2. The normalized spacial score (nSPS) is 20.6. The number of amides is 1. The van der Waals surface area contributed by atoms with E-state index in [1.54, 1.807) is 24.3 Å². The Morgan fingerprint density at radius 3 is 2.62 bits per heavy atom. The number of nitrogens with one attached hydrogen (secondary N) is 1. The molecule has 1 amide bonds. The van der Waals surface area contributed by atoms with Gasteiger partial charge in [-0.15, -0.1) is 0 Å². The molecular weight excluding hydrogens is 338 g/mol. The molecule has 0 spiro atoms. The molecule has 3 unspecified atom stereocenters. The highest BCUT2D eigenvalue weighted by Gasteiger charge is 2.31. The van der Waals surface area contributed by atoms with Gasteiger partial charge in [0.15, 0.2) is 11.6 Å². The van der Waals surface area contributed by atoms with Gasteiger partial charge in [0, 0.05) is 17.7 Å². The number of carbonyl (C=O) groups excluding carboxylic acids is 1. The first-order valence-electron chi connectivity index (χ1n) is 8.75. The van der Waals surface area contributed by atoms with Crippen molar-refractivity contribution in [2.75, 3.05) is 6.54 Å². The maximum atomic E-state index is 13.5. The molecule has 0 aliphatic heterocycles. The third kappa shape index (κ3) is 4.19. The molecule has 0 radical (unpaired) electrons. The lowest BCUT2D eigenvalue weighted by Crippen LogP contribution is -2.43. The van der Waals surface area contributed by atoms with Gasteiger partial charge in [0.2, 0.25) is 6.10 Å². The summed E-state index contributed by atoms with van der Waals surface area (Å²) in [5.41, 5.74) is 6.42. The van der Waals surface area contributed by atoms with Gasteiger partial charge in [-0.1, -0.05) is 36.8 Å². The van der Waals surface area contributed by atoms with E-state index in [-0.39, 0.29) is 23.6 Å². The number of halogens is 2. The van der Waals surface area contributed by atoms with Gasteiger partial charge in [-0.3, -0.25) is 4.79 Å². The first-order chi connectivity index (χ1) is 12.6. The molecule has 1 saturated carbocycles. The van der Waals surface area contributed by atoms with Gasteiger partial charge in [0.25, 0.3) is 5.91 Å². The van der Waals surface area contributed by atoms with E-state index in [2.05, 4.69) is 5.32 Å². The average Bonchev–Trinajstić information content (AvgIpc) is 3.10. The zero-order chi connectivity index (χ0) is 18.5. The molecule has 0 aromatic heterocycles. The fraction of sp³-hybridized carbons (Fsp3) is 0.350. The van der Waals surface area contributed by atoms with Crippen LogP contribution < -0.4 is 15.8 Å². The monoisotopic (exact) mass is 360 g/mol. The topological polar surface area (TPSA) is 64.3 Å². The molecule has 0 heterocycles. The largest absolute Gasteiger partial charge is 0.476 e. The van der Waals surface area contributed by atoms with E-state index >= 15 is 0 Å². The molecule has 1 fully saturated rings. The van der Waals surface area contributed by atoms with Gasteiger partial charge >= 0.3 is 0 Å². The fourth-order valence-electron chi connectivity index (χ4n) is 3.35. The van der Waals surface area contributed by atoms with Crippen molar-refractivity contribution in [3.63, 3.8) is 0 Å². The summed E-state index contributed by atoms with van der Waals surface area (Å²) < 4.78 is 32.4. The predicted octanol–water partition coefficient (Wildman–Crippen LogP) is 3.33. The second-order valence-electron chi connectivity index (χ2n) is 6.53. The Kier molecular flexibility index (Phi) is 5.83. The first kappa shape index (κ1) is 18.3. The Labute approximate surface area is 151 Å². The second-order valence-corrected chi connectivity index (χ2v) is 6.53. The van der Waals surface area contributed by atoms with Crippen molar-refractivity contribution in [2.24, 2.45) is 11.7 Å². The zero-order valence-corrected chi connectivity index (χ0v) is 14.3. The molecule has 2 aromatic carbocycles. The zero-order valence-electron chi connectivity index (χ0n) is 14.3. The number of nitrogens with two attached hydrogens (primary N) is 1. The van der Waals surface area contributed by atoms with Crippen molar-refractivity contribution >= 4 is 5.91 Å². The van der Waals surface area contributed by atoms with Gasteiger partial charge in [0.05, 0.1) is 0 Å². The summed E-state index contributed by atoms with van der Waals surface area (Å²) in [4.78, 5) is 12.9. The van der Waals surface area contributed by atoms with Gasteiger partial charge in [-0.2, -0.15) is 0 Å². The fourth-order valence-corrected chi connectivity index (χ4v) is 3.35. The average molecular weight is 360 g/mol. The molecule has 6 heteroatoms. The number of hydrogen-bond acceptors (Lipinski definition) is 3. The molecule has 1 aliphatic rings. The van der Waals surface area contributed by atoms with Crippen LogP contribution in [0.1, 0.15) is 30.9 Å². The molecule has 2 aromatic rings. The van der Waals surface area contributed by atoms with Crippen molar-refractivity contribution in [2.45, 2.75) is 31.4 Å². The van der Waals surface area contributed by atoms with E-state index in [1.807, 2.05) is 6.07 Å². The van der Waals surface area contributed by atoms with Crippen LogP contribution in [-0.4, -0.2) is 18.5 Å². The van der Waals surface area contributed by atoms with Crippen molar-refractivity contribution in [1.29, 1.82) is 0 Å². The summed E-state index contributed by atoms with van der Waals surface area (Å²) in [6.45, 7) is 0.519. The first-order valence-corrected chi connectivity index (χ1v) is 8.75. The van der Waals surface area contributed by atoms with E-state index in [0.29, 0.717) is 12.1 Å². The van der Waals surface area contributed by atoms with Crippen molar-refractivity contribution in [3.8, 4) is 5.75 Å². The van der Waals surface area contributed by atoms with E-state index in [9.17, 15) is 13.6 Å². The minimum absolute atomic E-state index is 0.00673. The highest BCUT2D eigenvalue weighted by Crippen LogP contribution is 2.27. The SMILES string of the molecule is NCC1CCCC1NC(=O)C(Oc1ccc(F)c(F)c1)c1ccccc1. The molecule has 0 bridgehead atoms. The van der Waals surface area contributed by atoms with Crippen LogP contribution in [0.15, 0.2) is 48.5 Å². The van der Waals surface area contributed by atoms with Crippen LogP contribution in [0.25, 0.3) is 0 Å². The van der Waals surface area contributed by atoms with Crippen LogP contribution in [0.2, 0.25) is 0 Å². The van der Waals surface area contributed by atoms with Crippen molar-refractivity contribution in [1.82, 2.24) is 5.32 Å². The smallest absolute Gasteiger partial charge is 0.266 e. The van der Waals surface area contributed by atoms with E-state index in [0.717, 1.165) is 31.4 Å². The summed E-state index contributed by atoms with van der Waals surface area (Å²) in [6.07, 6.45) is 1.93. The van der Waals surface area contributed by atoms with Crippen LogP contribution in [0.3, 0.4) is 0 Å². The molecule has 3 rings (SSSR count). The highest BCUT2D eigenvalue weighted by atomic mass is 19.2. The van der Waals surface area contributed by atoms with Crippen LogP contribution in [0.5, 0.6) is 5.75 Å². The van der Waals surface area contributed by atoms with Crippen LogP contribution >= 0.6 is 0 Å². The number of ether oxygens (including phenoxy) is 1. The maximum absolute atomic E-state index is 13.5. The summed E-state index contributed by atoms with van der Waals surface area (Å²) in [7, 11) is 0. The van der Waals surface area contributed by atoms with Gasteiger partial charge in [-0.25, -0.2) is 8.78 Å². The van der Waals surface area contributed by atoms with Crippen LogP contribution in [0, 0.1) is 17.6 Å². The third-order valence-corrected chi connectivity index (χ3v) is 4.77. The van der Waals surface area contributed by atoms with E-state index in [4.69, 9.17) is 10.5 Å². The molecular formula is C20H22F2N2O2. The standard InChI is InChI=1S/C20H22F2N2O2/c21-16-10-9-15(11-17(16)22)26-19(13-5-2-1-3-6-13)20(25)24-18-8-4-7-14(18)12-23/h1-3,5-6,9-11,14,18-19H,4,7-8,12,23H2,(H,24,25). The third-order valence-electron chi connectivity index (χ3n) is 4.77. The summed E-state index contributed by atoms with van der Waals surface area (Å²) in [6, 6.07) is 12.2. The molecule has 26 heavy (non-hydrogen) atoms. The Morgan fingerprint density at radius 2 is 1.92 bits per heavy atom. The summed E-state index contributed by atoms with van der Waals surface area (Å²) >= 11 is 0. The van der Waals surface area contributed by atoms with Crippen LogP contribution in [0.4, 0.5) is 8.78 Å². The minimum atomic E-state index is -1.02. The molecule has 1 aliphatic carbocycles. The highest BCUT2D eigenvalue weighted by molar-refractivity contribution is 5.83. The number of rotatable bonds is 6. The number of carbonyl (C=O) groups is 1. The molecule has 138 valence electrons. The van der Waals surface area contributed by atoms with Crippen molar-refractivity contribution < 1.29 is 18.3 Å². The molecule has 0 saturated heterocycles. The van der Waals surface area contributed by atoms with Gasteiger partial charge in [0.1, 0.15) is 5.75 Å². The van der Waals surface area contributed by atoms with Gasteiger partial charge < -0.3 is 15.8 Å². The van der Waals surface area contributed by atoms with E-state index in [1.165, 1.54) is 6.07 Å². The lowest BCUT2D eigenvalue weighted by molar-refractivity contribution is -0.129. The van der Waals surface area contributed by atoms with Crippen LogP contribution in [-0.2, 0) is 4.79 Å². The van der Waals surface area contributed by atoms with Gasteiger partial charge in [-0.05, 0) is 37.4 Å². The quantitative estimate of drug-likeness (QED) is 0.831. The molecule has 3 atom stereocenters. The Balaban J connectivity index is 1.81. The maximum Gasteiger partial charge on any atom is 0.266 e. The number of hydrogen-bond donors (Lipinski definition) is 2. The lowest BCUT2D eigenvalue weighted by Gasteiger charge is -2.24. The second kappa shape index (κ2) is 8.27. The summed E-state index contributed by atoms with van der Waals surface area (Å²) in [5, 5.41) is 3.01. The molecule has 4 nitrogen and oxygen atoms in total. The predicted molar refractivity (Wildman–Crippen MR) is 94.5 cm³/mol. The Hall–Kier alpha value is -2.47. The minimum Gasteiger partial charge on any atom is -0.476 e.